The predicted molar refractivity (Wildman–Crippen MR) is 72.6 cm³/mol. The Morgan fingerprint density at radius 1 is 1.33 bits per heavy atom. The van der Waals surface area contributed by atoms with Crippen molar-refractivity contribution in [2.75, 3.05) is 0 Å². The minimum atomic E-state index is -0.239. The van der Waals surface area contributed by atoms with Gasteiger partial charge < -0.3 is 0 Å². The zero-order chi connectivity index (χ0) is 10.9. The third-order valence-corrected chi connectivity index (χ3v) is 4.67. The summed E-state index contributed by atoms with van der Waals surface area (Å²) in [5.74, 6) is 0. The third-order valence-electron chi connectivity index (χ3n) is 3.11. The van der Waals surface area contributed by atoms with Crippen molar-refractivity contribution in [2.24, 2.45) is 0 Å². The molecule has 1 nitrogen and oxygen atoms in total. The van der Waals surface area contributed by atoms with Crippen LogP contribution in [0.1, 0.15) is 31.2 Å². The molecule has 3 heteroatoms. The first kappa shape index (κ1) is 11.4. The summed E-state index contributed by atoms with van der Waals surface area (Å²) >= 11 is 5.91. The Morgan fingerprint density at radius 2 is 2.00 bits per heavy atom. The van der Waals surface area contributed by atoms with E-state index < -0.39 is 0 Å². The number of halogens is 2. The Kier molecular flexibility index (Phi) is 3.36. The second kappa shape index (κ2) is 4.42. The van der Waals surface area contributed by atoms with Crippen LogP contribution in [0.5, 0.6) is 0 Å². The molecule has 0 N–H and O–H groups in total. The fourth-order valence-corrected chi connectivity index (χ4v) is 4.48. The summed E-state index contributed by atoms with van der Waals surface area (Å²) in [5.41, 5.74) is 0.960. The summed E-state index contributed by atoms with van der Waals surface area (Å²) in [6.07, 6.45) is 4.35. The van der Waals surface area contributed by atoms with Crippen LogP contribution in [0.2, 0.25) is 0 Å². The molecule has 1 aliphatic carbocycles. The van der Waals surface area contributed by atoms with Gasteiger partial charge in [0.1, 0.15) is 0 Å². The van der Waals surface area contributed by atoms with Crippen LogP contribution < -0.4 is 0 Å². The molecule has 0 aromatic heterocycles. The minimum absolute atomic E-state index is 0.239. The van der Waals surface area contributed by atoms with Crippen molar-refractivity contribution in [1.82, 2.24) is 0 Å². The van der Waals surface area contributed by atoms with E-state index in [9.17, 15) is 5.26 Å². The van der Waals surface area contributed by atoms with Gasteiger partial charge in [-0.3, -0.25) is 0 Å². The van der Waals surface area contributed by atoms with E-state index in [1.807, 2.05) is 12.1 Å². The number of nitriles is 1. The lowest BCUT2D eigenvalue weighted by Crippen LogP contribution is -2.21. The smallest absolute Gasteiger partial charge is 0.0843 e. The molecular formula is C12H11BrIN. The van der Waals surface area contributed by atoms with Crippen molar-refractivity contribution >= 4 is 38.5 Å². The molecule has 78 valence electrons. The van der Waals surface area contributed by atoms with Gasteiger partial charge in [0.05, 0.1) is 11.5 Å². The molecule has 0 bridgehead atoms. The summed E-state index contributed by atoms with van der Waals surface area (Å²) in [7, 11) is 0. The molecule has 15 heavy (non-hydrogen) atoms. The average molecular weight is 376 g/mol. The van der Waals surface area contributed by atoms with Gasteiger partial charge in [-0.25, -0.2) is 0 Å². The molecular weight excluding hydrogens is 365 g/mol. The van der Waals surface area contributed by atoms with Crippen molar-refractivity contribution in [2.45, 2.75) is 31.1 Å². The molecule has 1 aromatic rings. The van der Waals surface area contributed by atoms with E-state index in [0.29, 0.717) is 0 Å². The molecule has 1 saturated carbocycles. The molecule has 0 spiro atoms. The van der Waals surface area contributed by atoms with Gasteiger partial charge in [-0.1, -0.05) is 34.8 Å². The van der Waals surface area contributed by atoms with Gasteiger partial charge in [0.25, 0.3) is 0 Å². The minimum Gasteiger partial charge on any atom is -0.197 e. The van der Waals surface area contributed by atoms with E-state index in [-0.39, 0.29) is 5.41 Å². The van der Waals surface area contributed by atoms with Gasteiger partial charge in [0.15, 0.2) is 0 Å². The van der Waals surface area contributed by atoms with E-state index in [4.69, 9.17) is 0 Å². The quantitative estimate of drug-likeness (QED) is 0.668. The largest absolute Gasteiger partial charge is 0.197 e. The van der Waals surface area contributed by atoms with Gasteiger partial charge in [-0.05, 0) is 53.1 Å². The van der Waals surface area contributed by atoms with Crippen molar-refractivity contribution < 1.29 is 0 Å². The summed E-state index contributed by atoms with van der Waals surface area (Å²) in [4.78, 5) is 0. The highest BCUT2D eigenvalue weighted by molar-refractivity contribution is 14.1. The van der Waals surface area contributed by atoms with Gasteiger partial charge in [-0.2, -0.15) is 5.26 Å². The van der Waals surface area contributed by atoms with Crippen LogP contribution >= 0.6 is 38.5 Å². The first-order chi connectivity index (χ1) is 7.19. The highest BCUT2D eigenvalue weighted by Gasteiger charge is 2.38. The Hall–Kier alpha value is -0.0800. The van der Waals surface area contributed by atoms with Gasteiger partial charge in [0, 0.05) is 8.04 Å². The maximum atomic E-state index is 9.44. The van der Waals surface area contributed by atoms with Gasteiger partial charge >= 0.3 is 0 Å². The Morgan fingerprint density at radius 3 is 2.53 bits per heavy atom. The van der Waals surface area contributed by atoms with E-state index >= 15 is 0 Å². The summed E-state index contributed by atoms with van der Waals surface area (Å²) in [5, 5.41) is 9.44. The van der Waals surface area contributed by atoms with Crippen molar-refractivity contribution in [1.29, 1.82) is 5.26 Å². The van der Waals surface area contributed by atoms with Crippen LogP contribution in [0, 0.1) is 14.9 Å². The first-order valence-corrected chi connectivity index (χ1v) is 6.92. The fourth-order valence-electron chi connectivity index (χ4n) is 2.35. The molecule has 0 radical (unpaired) electrons. The van der Waals surface area contributed by atoms with Crippen molar-refractivity contribution in [3.05, 3.63) is 31.8 Å². The third kappa shape index (κ3) is 1.94. The topological polar surface area (TPSA) is 23.8 Å². The van der Waals surface area contributed by atoms with Crippen LogP contribution in [-0.4, -0.2) is 0 Å². The molecule has 1 aromatic carbocycles. The van der Waals surface area contributed by atoms with E-state index in [0.717, 1.165) is 17.3 Å². The van der Waals surface area contributed by atoms with E-state index in [1.165, 1.54) is 22.0 Å². The van der Waals surface area contributed by atoms with E-state index in [1.54, 1.807) is 0 Å². The van der Waals surface area contributed by atoms with Crippen molar-refractivity contribution in [3.8, 4) is 6.07 Å². The molecule has 0 unspecified atom stereocenters. The monoisotopic (exact) mass is 375 g/mol. The zero-order valence-corrected chi connectivity index (χ0v) is 12.0. The van der Waals surface area contributed by atoms with Crippen LogP contribution in [-0.2, 0) is 5.41 Å². The first-order valence-electron chi connectivity index (χ1n) is 5.05. The second-order valence-electron chi connectivity index (χ2n) is 4.00. The van der Waals surface area contributed by atoms with Crippen LogP contribution in [0.25, 0.3) is 0 Å². The Balaban J connectivity index is 2.57. The van der Waals surface area contributed by atoms with Gasteiger partial charge in [0.2, 0.25) is 0 Å². The van der Waals surface area contributed by atoms with Crippen LogP contribution in [0.3, 0.4) is 0 Å². The lowest BCUT2D eigenvalue weighted by molar-refractivity contribution is 0.567. The molecule has 0 heterocycles. The Labute approximate surface area is 112 Å². The van der Waals surface area contributed by atoms with Crippen molar-refractivity contribution in [3.63, 3.8) is 0 Å². The van der Waals surface area contributed by atoms with Crippen LogP contribution in [0.4, 0.5) is 0 Å². The molecule has 2 rings (SSSR count). The molecule has 1 fully saturated rings. The lowest BCUT2D eigenvalue weighted by Gasteiger charge is -2.23. The highest BCUT2D eigenvalue weighted by atomic mass is 127. The summed E-state index contributed by atoms with van der Waals surface area (Å²) in [6.45, 7) is 0. The zero-order valence-electron chi connectivity index (χ0n) is 8.26. The molecule has 0 saturated heterocycles. The van der Waals surface area contributed by atoms with Gasteiger partial charge in [-0.15, -0.1) is 0 Å². The van der Waals surface area contributed by atoms with E-state index in [2.05, 4.69) is 50.7 Å². The summed E-state index contributed by atoms with van der Waals surface area (Å²) in [6, 6.07) is 8.68. The van der Waals surface area contributed by atoms with Crippen LogP contribution in [0.15, 0.2) is 22.7 Å². The SMILES string of the molecule is N#CC1(c2c(Br)cccc2I)CCCC1. The molecule has 0 atom stereocenters. The number of hydrogen-bond donors (Lipinski definition) is 0. The number of hydrogen-bond acceptors (Lipinski definition) is 1. The summed E-state index contributed by atoms with van der Waals surface area (Å²) < 4.78 is 2.28. The molecule has 0 aliphatic heterocycles. The Bertz CT molecular complexity index is 396. The second-order valence-corrected chi connectivity index (χ2v) is 6.01. The maximum absolute atomic E-state index is 9.44. The predicted octanol–water partition coefficient (Wildman–Crippen LogP) is 4.39. The standard InChI is InChI=1S/C12H11BrIN/c13-9-4-3-5-10(14)11(9)12(8-15)6-1-2-7-12/h3-5H,1-2,6-7H2. The number of rotatable bonds is 1. The maximum Gasteiger partial charge on any atom is 0.0843 e. The normalized spacial score (nSPS) is 18.7. The highest BCUT2D eigenvalue weighted by Crippen LogP contribution is 2.45. The number of nitrogens with zero attached hydrogens (tertiary/aromatic N) is 1. The molecule has 1 aliphatic rings. The number of benzene rings is 1. The molecule has 0 amide bonds. The average Bonchev–Trinajstić information content (AvgIpc) is 2.67. The fraction of sp³-hybridized carbons (Fsp3) is 0.417. The lowest BCUT2D eigenvalue weighted by atomic mass is 9.80.